The van der Waals surface area contributed by atoms with E-state index in [4.69, 9.17) is 5.11 Å². The fourth-order valence-corrected chi connectivity index (χ4v) is 1.60. The normalized spacial score (nSPS) is 12.5. The second-order valence-electron chi connectivity index (χ2n) is 3.11. The Balaban J connectivity index is 3.29. The van der Waals surface area contributed by atoms with E-state index in [9.17, 15) is 14.9 Å². The lowest BCUT2D eigenvalue weighted by Crippen LogP contribution is -2.26. The molecule has 1 N–H and O–H groups in total. The summed E-state index contributed by atoms with van der Waals surface area (Å²) in [4.78, 5) is 21.3. The largest absolute Gasteiger partial charge is 0.392 e. The van der Waals surface area contributed by atoms with Gasteiger partial charge < -0.3 is 9.67 Å². The number of hydrogen-bond donors (Lipinski definition) is 1. The lowest BCUT2D eigenvalue weighted by Gasteiger charge is -2.07. The maximum absolute atomic E-state index is 11.5. The first-order valence-electron chi connectivity index (χ1n) is 4.14. The number of aliphatic hydroxyl groups excluding tert-OH is 1. The van der Waals surface area contributed by atoms with Crippen molar-refractivity contribution >= 4 is 21.6 Å². The lowest BCUT2D eigenvalue weighted by molar-refractivity contribution is -0.386. The van der Waals surface area contributed by atoms with Crippen molar-refractivity contribution < 1.29 is 10.0 Å². The van der Waals surface area contributed by atoms with Crippen molar-refractivity contribution in [1.29, 1.82) is 0 Å². The summed E-state index contributed by atoms with van der Waals surface area (Å²) in [7, 11) is 0. The molecular formula is C8H9BrN2O4. The molecule has 0 amide bonds. The molecule has 6 nitrogen and oxygen atoms in total. The van der Waals surface area contributed by atoms with Gasteiger partial charge >= 0.3 is 11.2 Å². The first kappa shape index (κ1) is 11.9. The molecule has 1 atom stereocenters. The van der Waals surface area contributed by atoms with Crippen LogP contribution in [-0.4, -0.2) is 20.7 Å². The Morgan fingerprint density at radius 1 is 1.73 bits per heavy atom. The molecule has 1 aromatic heterocycles. The van der Waals surface area contributed by atoms with Crippen LogP contribution in [-0.2, 0) is 6.54 Å². The summed E-state index contributed by atoms with van der Waals surface area (Å²) < 4.78 is 1.53. The number of halogens is 1. The van der Waals surface area contributed by atoms with E-state index in [0.717, 1.165) is 10.6 Å². The van der Waals surface area contributed by atoms with Gasteiger partial charge in [0.15, 0.2) is 0 Å². The predicted molar refractivity (Wildman–Crippen MR) is 56.7 cm³/mol. The molecule has 0 saturated carbocycles. The SMILES string of the molecule is CC(O)Cn1cc(Br)cc([N+](=O)[O-])c1=O. The summed E-state index contributed by atoms with van der Waals surface area (Å²) in [6, 6.07) is 1.14. The summed E-state index contributed by atoms with van der Waals surface area (Å²) in [5, 5.41) is 19.6. The van der Waals surface area contributed by atoms with E-state index in [2.05, 4.69) is 15.9 Å². The maximum atomic E-state index is 11.5. The average molecular weight is 277 g/mol. The Morgan fingerprint density at radius 3 is 2.80 bits per heavy atom. The van der Waals surface area contributed by atoms with Gasteiger partial charge in [-0.05, 0) is 22.9 Å². The van der Waals surface area contributed by atoms with Crippen molar-refractivity contribution in [2.75, 3.05) is 0 Å². The van der Waals surface area contributed by atoms with Crippen molar-refractivity contribution in [3.63, 3.8) is 0 Å². The molecule has 1 heterocycles. The molecule has 7 heteroatoms. The average Bonchev–Trinajstić information content (AvgIpc) is 2.09. The zero-order valence-electron chi connectivity index (χ0n) is 7.88. The summed E-state index contributed by atoms with van der Waals surface area (Å²) in [5.41, 5.74) is -1.23. The van der Waals surface area contributed by atoms with Crippen LogP contribution in [0.15, 0.2) is 21.5 Å². The third-order valence-corrected chi connectivity index (χ3v) is 2.13. The molecule has 1 rings (SSSR count). The minimum absolute atomic E-state index is 0.0269. The van der Waals surface area contributed by atoms with E-state index in [1.54, 1.807) is 0 Å². The van der Waals surface area contributed by atoms with E-state index < -0.39 is 22.3 Å². The van der Waals surface area contributed by atoms with Gasteiger partial charge in [0.2, 0.25) is 0 Å². The molecule has 0 fully saturated rings. The van der Waals surface area contributed by atoms with E-state index in [1.807, 2.05) is 0 Å². The molecule has 0 aliphatic heterocycles. The van der Waals surface area contributed by atoms with E-state index in [1.165, 1.54) is 13.1 Å². The molecule has 15 heavy (non-hydrogen) atoms. The van der Waals surface area contributed by atoms with Crippen LogP contribution in [0.3, 0.4) is 0 Å². The third kappa shape index (κ3) is 2.87. The highest BCUT2D eigenvalue weighted by molar-refractivity contribution is 9.10. The number of nitro groups is 1. The second kappa shape index (κ2) is 4.54. The quantitative estimate of drug-likeness (QED) is 0.657. The first-order valence-corrected chi connectivity index (χ1v) is 4.93. The van der Waals surface area contributed by atoms with Crippen molar-refractivity contribution in [1.82, 2.24) is 4.57 Å². The van der Waals surface area contributed by atoms with Crippen LogP contribution >= 0.6 is 15.9 Å². The van der Waals surface area contributed by atoms with Crippen molar-refractivity contribution in [3.05, 3.63) is 37.2 Å². The third-order valence-electron chi connectivity index (χ3n) is 1.69. The molecule has 0 aliphatic rings. The van der Waals surface area contributed by atoms with Crippen molar-refractivity contribution in [3.8, 4) is 0 Å². The van der Waals surface area contributed by atoms with Gasteiger partial charge in [-0.2, -0.15) is 0 Å². The van der Waals surface area contributed by atoms with Crippen molar-refractivity contribution in [2.24, 2.45) is 0 Å². The monoisotopic (exact) mass is 276 g/mol. The molecule has 82 valence electrons. The maximum Gasteiger partial charge on any atom is 0.335 e. The van der Waals surface area contributed by atoms with Gasteiger partial charge in [-0.25, -0.2) is 0 Å². The number of aromatic nitrogens is 1. The fourth-order valence-electron chi connectivity index (χ4n) is 1.14. The van der Waals surface area contributed by atoms with Gasteiger partial charge in [-0.3, -0.25) is 14.9 Å². The van der Waals surface area contributed by atoms with Crippen LogP contribution in [0.4, 0.5) is 5.69 Å². The first-order chi connectivity index (χ1) is 6.91. The number of aliphatic hydroxyl groups is 1. The molecule has 1 unspecified atom stereocenters. The van der Waals surface area contributed by atoms with Crippen LogP contribution in [0.1, 0.15) is 6.92 Å². The molecule has 0 bridgehead atoms. The van der Waals surface area contributed by atoms with Gasteiger partial charge in [0.05, 0.1) is 17.6 Å². The van der Waals surface area contributed by atoms with Crippen LogP contribution < -0.4 is 5.56 Å². The Bertz CT molecular complexity index is 441. The van der Waals surface area contributed by atoms with E-state index >= 15 is 0 Å². The predicted octanol–water partition coefficient (Wildman–Crippen LogP) is 0.900. The lowest BCUT2D eigenvalue weighted by atomic mass is 10.3. The highest BCUT2D eigenvalue weighted by Gasteiger charge is 2.16. The van der Waals surface area contributed by atoms with Gasteiger partial charge in [0.1, 0.15) is 0 Å². The number of pyridine rings is 1. The molecule has 0 saturated heterocycles. The van der Waals surface area contributed by atoms with E-state index in [-0.39, 0.29) is 6.54 Å². The smallest absolute Gasteiger partial charge is 0.335 e. The Labute approximate surface area is 93.4 Å². The summed E-state index contributed by atoms with van der Waals surface area (Å²) >= 11 is 3.06. The van der Waals surface area contributed by atoms with Crippen LogP contribution in [0.25, 0.3) is 0 Å². The second-order valence-corrected chi connectivity index (χ2v) is 4.02. The highest BCUT2D eigenvalue weighted by atomic mass is 79.9. The van der Waals surface area contributed by atoms with Gasteiger partial charge in [0, 0.05) is 16.7 Å². The Kier molecular flexibility index (Phi) is 3.59. The van der Waals surface area contributed by atoms with Crippen LogP contribution in [0, 0.1) is 10.1 Å². The summed E-state index contributed by atoms with van der Waals surface area (Å²) in [5.74, 6) is 0. The van der Waals surface area contributed by atoms with Crippen LogP contribution in [0.5, 0.6) is 0 Å². The van der Waals surface area contributed by atoms with Crippen molar-refractivity contribution in [2.45, 2.75) is 19.6 Å². The molecule has 0 aromatic carbocycles. The highest BCUT2D eigenvalue weighted by Crippen LogP contribution is 2.13. The summed E-state index contributed by atoms with van der Waals surface area (Å²) in [6.07, 6.45) is 0.666. The minimum Gasteiger partial charge on any atom is -0.392 e. The summed E-state index contributed by atoms with van der Waals surface area (Å²) in [6.45, 7) is 1.53. The fraction of sp³-hybridized carbons (Fsp3) is 0.375. The molecule has 0 aliphatic carbocycles. The van der Waals surface area contributed by atoms with Gasteiger partial charge in [-0.15, -0.1) is 0 Å². The number of rotatable bonds is 3. The van der Waals surface area contributed by atoms with Gasteiger partial charge in [0.25, 0.3) is 0 Å². The topological polar surface area (TPSA) is 85.4 Å². The van der Waals surface area contributed by atoms with Crippen LogP contribution in [0.2, 0.25) is 0 Å². The molecule has 0 spiro atoms. The molecular weight excluding hydrogens is 268 g/mol. The van der Waals surface area contributed by atoms with E-state index in [0.29, 0.717) is 4.47 Å². The Hall–Kier alpha value is -1.21. The minimum atomic E-state index is -0.744. The number of hydrogen-bond acceptors (Lipinski definition) is 4. The van der Waals surface area contributed by atoms with Gasteiger partial charge in [-0.1, -0.05) is 0 Å². The molecule has 1 aromatic rings. The standard InChI is InChI=1S/C8H9BrN2O4/c1-5(12)3-10-4-6(9)2-7(8(10)13)11(14)15/h2,4-5,12H,3H2,1H3. The zero-order valence-corrected chi connectivity index (χ0v) is 9.47. The number of nitrogens with zero attached hydrogens (tertiary/aromatic N) is 2. The molecule has 0 radical (unpaired) electrons. The Morgan fingerprint density at radius 2 is 2.33 bits per heavy atom. The zero-order chi connectivity index (χ0) is 11.6.